The number of phenolic OH excluding ortho intramolecular Hbond substituents is 1. The van der Waals surface area contributed by atoms with Gasteiger partial charge in [0.25, 0.3) is 0 Å². The first-order valence-electron chi connectivity index (χ1n) is 19.4. The summed E-state index contributed by atoms with van der Waals surface area (Å²) >= 11 is 1.81. The number of hydrogen-bond acceptors (Lipinski definition) is 5. The number of aryl methyl sites for hydroxylation is 1. The van der Waals surface area contributed by atoms with E-state index in [0.29, 0.717) is 11.3 Å². The van der Waals surface area contributed by atoms with E-state index in [1.54, 1.807) is 11.3 Å². The number of phenols is 1. The molecule has 7 aromatic carbocycles. The van der Waals surface area contributed by atoms with Crippen molar-refractivity contribution in [2.75, 3.05) is 0 Å². The molecule has 274 valence electrons. The summed E-state index contributed by atoms with van der Waals surface area (Å²) in [5.74, 6) is 0.227. The molecule has 4 nitrogen and oxygen atoms in total. The van der Waals surface area contributed by atoms with Crippen LogP contribution in [-0.2, 0) is 0 Å². The highest BCUT2D eigenvalue weighted by Crippen LogP contribution is 2.47. The molecule has 5 heteroatoms. The van der Waals surface area contributed by atoms with Crippen LogP contribution in [0.2, 0.25) is 0 Å². The van der Waals surface area contributed by atoms with Crippen molar-refractivity contribution >= 4 is 54.1 Å². The van der Waals surface area contributed by atoms with Crippen molar-refractivity contribution in [1.82, 2.24) is 9.97 Å². The summed E-state index contributed by atoms with van der Waals surface area (Å²) in [7, 11) is 0. The number of para-hydroxylation sites is 1. The topological polar surface area (TPSA) is 59.2 Å². The summed E-state index contributed by atoms with van der Waals surface area (Å²) in [5.41, 5.74) is 13.3. The van der Waals surface area contributed by atoms with Gasteiger partial charge in [0.2, 0.25) is 0 Å². The lowest BCUT2D eigenvalue weighted by molar-refractivity contribution is 0.483. The summed E-state index contributed by atoms with van der Waals surface area (Å²) in [4.78, 5) is 11.5. The number of thiophene rings is 1. The third-order valence-electron chi connectivity index (χ3n) is 11.0. The van der Waals surface area contributed by atoms with E-state index in [1.807, 2.05) is 66.7 Å². The van der Waals surface area contributed by atoms with E-state index in [1.165, 1.54) is 20.5 Å². The summed E-state index contributed by atoms with van der Waals surface area (Å²) in [5, 5.41) is 16.8. The maximum Gasteiger partial charge on any atom is 0.136 e. The summed E-state index contributed by atoms with van der Waals surface area (Å²) in [6.45, 7) is 2.07. The Morgan fingerprint density at radius 3 is 1.98 bits per heavy atom. The molecule has 0 fully saturated rings. The zero-order valence-electron chi connectivity index (χ0n) is 31.5. The number of hydrogen-bond donors (Lipinski definition) is 1. The SMILES string of the molecule is Cc1cc(-c2sc3ccccc3c2-c2ccc3c(c2)oc2ccccc23)cc(-c2cccc(-c3cc(-c4ccccc4)cc(-c4ccc5ccccc5c4O)n3)c2)n1. The number of rotatable bonds is 6. The molecule has 0 atom stereocenters. The van der Waals surface area contributed by atoms with Crippen molar-refractivity contribution in [2.45, 2.75) is 6.92 Å². The average molecular weight is 763 g/mol. The van der Waals surface area contributed by atoms with E-state index >= 15 is 0 Å². The molecule has 0 unspecified atom stereocenters. The van der Waals surface area contributed by atoms with Gasteiger partial charge in [0.05, 0.1) is 17.1 Å². The molecular formula is C53H34N2O2S. The summed E-state index contributed by atoms with van der Waals surface area (Å²) < 4.78 is 7.59. The molecule has 0 radical (unpaired) electrons. The second kappa shape index (κ2) is 13.7. The van der Waals surface area contributed by atoms with Crippen molar-refractivity contribution in [1.29, 1.82) is 0 Å². The lowest BCUT2D eigenvalue weighted by Crippen LogP contribution is -1.93. The first-order chi connectivity index (χ1) is 28.5. The van der Waals surface area contributed by atoms with Gasteiger partial charge >= 0.3 is 0 Å². The van der Waals surface area contributed by atoms with Gasteiger partial charge in [-0.2, -0.15) is 0 Å². The highest BCUT2D eigenvalue weighted by Gasteiger charge is 2.20. The lowest BCUT2D eigenvalue weighted by Gasteiger charge is -2.13. The summed E-state index contributed by atoms with van der Waals surface area (Å²) in [6.07, 6.45) is 0. The second-order valence-corrected chi connectivity index (χ2v) is 15.8. The Kier molecular flexibility index (Phi) is 8.02. The number of pyridine rings is 2. The first kappa shape index (κ1) is 34.0. The lowest BCUT2D eigenvalue weighted by atomic mass is 9.96. The Morgan fingerprint density at radius 2 is 1.12 bits per heavy atom. The smallest absolute Gasteiger partial charge is 0.136 e. The standard InChI is InChI=1S/C53H34N2O2S/c1-32-26-39(53-51(44-19-8-10-21-50(44)58-53)37-23-24-42-41-18-7-9-20-48(41)57-49(42)31-37)30-45(54-32)35-15-11-16-36(27-35)46-28-38(33-12-3-2-4-13-33)29-47(55-46)43-25-22-34-14-5-6-17-40(34)52(43)56/h2-31,56H,1H3. The molecule has 4 heterocycles. The molecule has 0 aliphatic rings. The number of fused-ring (bicyclic) bond motifs is 5. The van der Waals surface area contributed by atoms with Crippen molar-refractivity contribution in [3.05, 3.63) is 188 Å². The fourth-order valence-electron chi connectivity index (χ4n) is 8.28. The van der Waals surface area contributed by atoms with Gasteiger partial charge in [-0.15, -0.1) is 11.3 Å². The molecule has 0 spiro atoms. The van der Waals surface area contributed by atoms with E-state index in [-0.39, 0.29) is 5.75 Å². The van der Waals surface area contributed by atoms with Gasteiger partial charge in [0, 0.05) is 59.1 Å². The fraction of sp³-hybridized carbons (Fsp3) is 0.0189. The van der Waals surface area contributed by atoms with E-state index in [0.717, 1.165) is 83.2 Å². The van der Waals surface area contributed by atoms with Gasteiger partial charge in [0.15, 0.2) is 0 Å². The number of aromatic nitrogens is 2. The molecule has 58 heavy (non-hydrogen) atoms. The van der Waals surface area contributed by atoms with Crippen LogP contribution in [0.5, 0.6) is 5.75 Å². The Morgan fingerprint density at radius 1 is 0.448 bits per heavy atom. The Labute approximate surface area is 339 Å². The van der Waals surface area contributed by atoms with Crippen molar-refractivity contribution in [3.63, 3.8) is 0 Å². The van der Waals surface area contributed by atoms with Gasteiger partial charge in [-0.05, 0) is 95.2 Å². The van der Waals surface area contributed by atoms with Crippen LogP contribution in [0.1, 0.15) is 5.69 Å². The van der Waals surface area contributed by atoms with Gasteiger partial charge in [-0.3, -0.25) is 4.98 Å². The van der Waals surface area contributed by atoms with Crippen LogP contribution in [0.25, 0.3) is 109 Å². The third kappa shape index (κ3) is 5.83. The largest absolute Gasteiger partial charge is 0.507 e. The molecule has 0 bridgehead atoms. The molecule has 11 aromatic rings. The van der Waals surface area contributed by atoms with Crippen molar-refractivity contribution in [3.8, 4) is 72.2 Å². The van der Waals surface area contributed by atoms with Crippen LogP contribution in [0.15, 0.2) is 186 Å². The quantitative estimate of drug-likeness (QED) is 0.183. The van der Waals surface area contributed by atoms with Crippen LogP contribution >= 0.6 is 11.3 Å². The molecule has 0 aliphatic heterocycles. The highest BCUT2D eigenvalue weighted by atomic mass is 32.1. The number of benzene rings is 7. The predicted octanol–water partition coefficient (Wildman–Crippen LogP) is 14.8. The second-order valence-electron chi connectivity index (χ2n) is 14.7. The minimum absolute atomic E-state index is 0.227. The van der Waals surface area contributed by atoms with Crippen LogP contribution < -0.4 is 0 Å². The number of furan rings is 1. The zero-order valence-corrected chi connectivity index (χ0v) is 32.3. The maximum atomic E-state index is 11.5. The van der Waals surface area contributed by atoms with Gasteiger partial charge < -0.3 is 9.52 Å². The van der Waals surface area contributed by atoms with Gasteiger partial charge in [-0.25, -0.2) is 4.98 Å². The minimum Gasteiger partial charge on any atom is -0.507 e. The predicted molar refractivity (Wildman–Crippen MR) is 241 cm³/mol. The monoisotopic (exact) mass is 762 g/mol. The Hall–Kier alpha value is -7.34. The number of aromatic hydroxyl groups is 1. The van der Waals surface area contributed by atoms with Gasteiger partial charge in [0.1, 0.15) is 16.9 Å². The molecule has 4 aromatic heterocycles. The number of nitrogens with zero attached hydrogens (tertiary/aromatic N) is 2. The Balaban J connectivity index is 1.04. The summed E-state index contributed by atoms with van der Waals surface area (Å²) in [6, 6.07) is 62.8. The molecule has 0 aliphatic carbocycles. The van der Waals surface area contributed by atoms with Gasteiger partial charge in [-0.1, -0.05) is 121 Å². The Bertz CT molecular complexity index is 3380. The minimum atomic E-state index is 0.227. The molecule has 1 N–H and O–H groups in total. The van der Waals surface area contributed by atoms with E-state index in [9.17, 15) is 5.11 Å². The van der Waals surface area contributed by atoms with E-state index in [4.69, 9.17) is 14.4 Å². The van der Waals surface area contributed by atoms with Crippen molar-refractivity contribution < 1.29 is 9.52 Å². The molecule has 11 rings (SSSR count). The molecule has 0 amide bonds. The third-order valence-corrected chi connectivity index (χ3v) is 12.3. The van der Waals surface area contributed by atoms with Crippen LogP contribution in [-0.4, -0.2) is 15.1 Å². The molecule has 0 saturated carbocycles. The highest BCUT2D eigenvalue weighted by molar-refractivity contribution is 7.23. The van der Waals surface area contributed by atoms with Crippen LogP contribution in [0.4, 0.5) is 0 Å². The molecular weight excluding hydrogens is 729 g/mol. The van der Waals surface area contributed by atoms with Crippen LogP contribution in [0, 0.1) is 6.92 Å². The van der Waals surface area contributed by atoms with E-state index < -0.39 is 0 Å². The normalized spacial score (nSPS) is 11.6. The maximum absolute atomic E-state index is 11.5. The first-order valence-corrected chi connectivity index (χ1v) is 20.2. The zero-order chi connectivity index (χ0) is 38.7. The fourth-order valence-corrected chi connectivity index (χ4v) is 9.49. The van der Waals surface area contributed by atoms with E-state index in [2.05, 4.69) is 122 Å². The molecule has 0 saturated heterocycles. The van der Waals surface area contributed by atoms with Crippen molar-refractivity contribution in [2.24, 2.45) is 0 Å². The van der Waals surface area contributed by atoms with Crippen LogP contribution in [0.3, 0.4) is 0 Å². The average Bonchev–Trinajstić information content (AvgIpc) is 3.85.